The normalized spacial score (nSPS) is 21.1. The Bertz CT molecular complexity index is 1320. The first kappa shape index (κ1) is 18.2. The van der Waals surface area contributed by atoms with Crippen molar-refractivity contribution >= 4 is 5.69 Å². The van der Waals surface area contributed by atoms with Crippen molar-refractivity contribution in [1.29, 1.82) is 0 Å². The third-order valence-electron chi connectivity index (χ3n) is 7.24. The summed E-state index contributed by atoms with van der Waals surface area (Å²) in [5.41, 5.74) is 6.72. The Kier molecular flexibility index (Phi) is 3.84. The van der Waals surface area contributed by atoms with Crippen molar-refractivity contribution < 1.29 is 4.39 Å². The number of nitrogens with zero attached hydrogens (tertiary/aromatic N) is 5. The van der Waals surface area contributed by atoms with Crippen molar-refractivity contribution in [2.24, 2.45) is 0 Å². The van der Waals surface area contributed by atoms with Gasteiger partial charge in [0, 0.05) is 42.6 Å². The first-order valence-electron chi connectivity index (χ1n) is 11.2. The Morgan fingerprint density at radius 2 is 1.91 bits per heavy atom. The molecular formula is C25H23FN6. The van der Waals surface area contributed by atoms with E-state index in [0.717, 1.165) is 48.0 Å². The summed E-state index contributed by atoms with van der Waals surface area (Å²) in [5, 5.41) is 12.3. The minimum Gasteiger partial charge on any atom is -0.367 e. The van der Waals surface area contributed by atoms with Crippen LogP contribution in [-0.4, -0.2) is 44.5 Å². The van der Waals surface area contributed by atoms with Crippen molar-refractivity contribution in [2.45, 2.75) is 31.5 Å². The standard InChI is InChI=1S/C25H23FN6/c26-19-3-1-16(2-4-19)17-12-24-25-29-28-15-32(25)22-6-5-20(11-18(22)14-30(24)13-17)31-10-8-21-23(31)7-9-27-21/h1-6,11-13,15,21,23,27H,7-10,14H2/t21-,23+/m1/s1. The third kappa shape index (κ3) is 2.67. The van der Waals surface area contributed by atoms with E-state index in [1.54, 1.807) is 6.33 Å². The second-order valence-corrected chi connectivity index (χ2v) is 8.99. The molecule has 1 N–H and O–H groups in total. The van der Waals surface area contributed by atoms with E-state index in [4.69, 9.17) is 0 Å². The molecule has 0 amide bonds. The third-order valence-corrected chi connectivity index (χ3v) is 7.24. The van der Waals surface area contributed by atoms with E-state index in [1.165, 1.54) is 36.2 Å². The molecule has 7 rings (SSSR count). The first-order chi connectivity index (χ1) is 15.7. The van der Waals surface area contributed by atoms with Crippen molar-refractivity contribution in [3.63, 3.8) is 0 Å². The van der Waals surface area contributed by atoms with Gasteiger partial charge in [-0.05, 0) is 66.9 Å². The molecule has 7 heteroatoms. The average molecular weight is 426 g/mol. The first-order valence-corrected chi connectivity index (χ1v) is 11.2. The summed E-state index contributed by atoms with van der Waals surface area (Å²) in [4.78, 5) is 2.57. The van der Waals surface area contributed by atoms with Crippen LogP contribution in [0.1, 0.15) is 18.4 Å². The highest BCUT2D eigenvalue weighted by Crippen LogP contribution is 2.37. The number of nitrogens with one attached hydrogen (secondary N) is 1. The second-order valence-electron chi connectivity index (χ2n) is 8.99. The van der Waals surface area contributed by atoms with Gasteiger partial charge in [0.25, 0.3) is 0 Å². The number of anilines is 1. The second kappa shape index (κ2) is 6.77. The summed E-state index contributed by atoms with van der Waals surface area (Å²) in [6, 6.07) is 16.8. The van der Waals surface area contributed by atoms with Crippen molar-refractivity contribution in [2.75, 3.05) is 18.0 Å². The predicted octanol–water partition coefficient (Wildman–Crippen LogP) is 3.84. The lowest BCUT2D eigenvalue weighted by molar-refractivity contribution is 0.601. The molecule has 5 heterocycles. The smallest absolute Gasteiger partial charge is 0.185 e. The van der Waals surface area contributed by atoms with Crippen LogP contribution in [0.4, 0.5) is 10.1 Å². The maximum absolute atomic E-state index is 13.4. The van der Waals surface area contributed by atoms with Crippen LogP contribution in [0, 0.1) is 5.82 Å². The number of hydrogen-bond acceptors (Lipinski definition) is 4. The maximum Gasteiger partial charge on any atom is 0.185 e. The Labute approximate surface area is 185 Å². The highest BCUT2D eigenvalue weighted by molar-refractivity contribution is 5.72. The minimum absolute atomic E-state index is 0.225. The van der Waals surface area contributed by atoms with Gasteiger partial charge in [0.05, 0.1) is 11.4 Å². The average Bonchev–Trinajstić information content (AvgIpc) is 3.57. The lowest BCUT2D eigenvalue weighted by atomic mass is 10.1. The van der Waals surface area contributed by atoms with Gasteiger partial charge < -0.3 is 14.8 Å². The van der Waals surface area contributed by atoms with Gasteiger partial charge >= 0.3 is 0 Å². The Balaban J connectivity index is 1.32. The fourth-order valence-corrected chi connectivity index (χ4v) is 5.70. The van der Waals surface area contributed by atoms with Crippen LogP contribution in [0.15, 0.2) is 61.1 Å². The molecule has 2 aromatic carbocycles. The maximum atomic E-state index is 13.4. The fraction of sp³-hybridized carbons (Fsp3) is 0.280. The largest absolute Gasteiger partial charge is 0.367 e. The van der Waals surface area contributed by atoms with E-state index in [9.17, 15) is 4.39 Å². The lowest BCUT2D eigenvalue weighted by Gasteiger charge is -2.26. The van der Waals surface area contributed by atoms with Gasteiger partial charge in [0.15, 0.2) is 5.82 Å². The van der Waals surface area contributed by atoms with Crippen LogP contribution in [0.3, 0.4) is 0 Å². The van der Waals surface area contributed by atoms with Crippen LogP contribution >= 0.6 is 0 Å². The molecule has 2 saturated heterocycles. The molecule has 4 aromatic rings. The summed E-state index contributed by atoms with van der Waals surface area (Å²) in [6.45, 7) is 2.96. The monoisotopic (exact) mass is 426 g/mol. The van der Waals surface area contributed by atoms with E-state index in [-0.39, 0.29) is 5.82 Å². The summed E-state index contributed by atoms with van der Waals surface area (Å²) >= 11 is 0. The molecule has 2 fully saturated rings. The zero-order valence-corrected chi connectivity index (χ0v) is 17.6. The number of aromatic nitrogens is 4. The van der Waals surface area contributed by atoms with Crippen LogP contribution in [-0.2, 0) is 6.54 Å². The van der Waals surface area contributed by atoms with Crippen LogP contribution in [0.25, 0.3) is 28.3 Å². The minimum atomic E-state index is -0.225. The highest BCUT2D eigenvalue weighted by atomic mass is 19.1. The summed E-state index contributed by atoms with van der Waals surface area (Å²) in [6.07, 6.45) is 6.34. The van der Waals surface area contributed by atoms with Crippen LogP contribution in [0.5, 0.6) is 0 Å². The van der Waals surface area contributed by atoms with E-state index in [1.807, 2.05) is 12.1 Å². The van der Waals surface area contributed by atoms with Gasteiger partial charge in [-0.15, -0.1) is 10.2 Å². The summed E-state index contributed by atoms with van der Waals surface area (Å²) in [5.74, 6) is 0.600. The number of hydrogen-bond donors (Lipinski definition) is 1. The van der Waals surface area contributed by atoms with Crippen LogP contribution < -0.4 is 10.2 Å². The number of rotatable bonds is 2. The molecule has 160 valence electrons. The van der Waals surface area contributed by atoms with Crippen molar-refractivity contribution in [1.82, 2.24) is 24.6 Å². The molecule has 0 aliphatic carbocycles. The molecule has 0 saturated carbocycles. The zero-order chi connectivity index (χ0) is 21.2. The molecule has 2 atom stereocenters. The van der Waals surface area contributed by atoms with Crippen molar-refractivity contribution in [3.8, 4) is 28.3 Å². The zero-order valence-electron chi connectivity index (χ0n) is 17.6. The number of benzene rings is 2. The molecule has 0 unspecified atom stereocenters. The Morgan fingerprint density at radius 3 is 2.81 bits per heavy atom. The molecule has 3 aliphatic rings. The molecular weight excluding hydrogens is 403 g/mol. The van der Waals surface area contributed by atoms with Gasteiger partial charge in [-0.3, -0.25) is 4.57 Å². The summed E-state index contributed by atoms with van der Waals surface area (Å²) < 4.78 is 17.7. The lowest BCUT2D eigenvalue weighted by Crippen LogP contribution is -2.34. The quantitative estimate of drug-likeness (QED) is 0.466. The van der Waals surface area contributed by atoms with E-state index in [2.05, 4.69) is 60.0 Å². The van der Waals surface area contributed by atoms with E-state index >= 15 is 0 Å². The van der Waals surface area contributed by atoms with Crippen LogP contribution in [0.2, 0.25) is 0 Å². The topological polar surface area (TPSA) is 50.9 Å². The molecule has 2 aromatic heterocycles. The summed E-state index contributed by atoms with van der Waals surface area (Å²) in [7, 11) is 0. The van der Waals surface area contributed by atoms with E-state index in [0.29, 0.717) is 12.1 Å². The van der Waals surface area contributed by atoms with Gasteiger partial charge in [0.2, 0.25) is 0 Å². The van der Waals surface area contributed by atoms with Gasteiger partial charge in [-0.2, -0.15) is 0 Å². The molecule has 6 nitrogen and oxygen atoms in total. The highest BCUT2D eigenvalue weighted by Gasteiger charge is 2.37. The number of fused-ring (bicyclic) bond motifs is 6. The molecule has 3 aliphatic heterocycles. The SMILES string of the molecule is Fc1ccc(-c2cc3n(c2)Cc2cc(N4CC[C@H]5NCC[C@@H]54)ccc2-n2cnnc2-3)cc1. The fourth-order valence-electron chi connectivity index (χ4n) is 5.70. The molecule has 0 bridgehead atoms. The molecule has 0 spiro atoms. The molecule has 0 radical (unpaired) electrons. The Morgan fingerprint density at radius 1 is 1.00 bits per heavy atom. The van der Waals surface area contributed by atoms with Gasteiger partial charge in [-0.1, -0.05) is 12.1 Å². The van der Waals surface area contributed by atoms with Gasteiger partial charge in [-0.25, -0.2) is 4.39 Å². The molecule has 32 heavy (non-hydrogen) atoms. The number of halogens is 1. The predicted molar refractivity (Wildman–Crippen MR) is 121 cm³/mol. The van der Waals surface area contributed by atoms with E-state index < -0.39 is 0 Å². The van der Waals surface area contributed by atoms with Crippen molar-refractivity contribution in [3.05, 3.63) is 72.4 Å². The van der Waals surface area contributed by atoms with Gasteiger partial charge in [0.1, 0.15) is 12.1 Å². The Hall–Kier alpha value is -3.45.